The summed E-state index contributed by atoms with van der Waals surface area (Å²) >= 11 is 7.10. The zero-order chi connectivity index (χ0) is 21.3. The summed E-state index contributed by atoms with van der Waals surface area (Å²) in [4.78, 5) is 5.08. The minimum atomic E-state index is -4.26. The molecule has 2 aromatic carbocycles. The van der Waals surface area contributed by atoms with Gasteiger partial charge in [-0.25, -0.2) is 22.2 Å². The third-order valence-corrected chi connectivity index (χ3v) is 7.73. The molecule has 3 rings (SSSR count). The Balaban J connectivity index is 2.22. The van der Waals surface area contributed by atoms with Crippen molar-refractivity contribution in [1.82, 2.24) is 4.98 Å². The van der Waals surface area contributed by atoms with E-state index in [1.54, 1.807) is 19.9 Å². The van der Waals surface area contributed by atoms with Gasteiger partial charge in [-0.15, -0.1) is 11.3 Å². The van der Waals surface area contributed by atoms with E-state index in [2.05, 4.69) is 11.6 Å². The van der Waals surface area contributed by atoms with Crippen LogP contribution in [0.2, 0.25) is 5.02 Å². The van der Waals surface area contributed by atoms with Gasteiger partial charge < -0.3 is 0 Å². The topological polar surface area (TPSA) is 50.3 Å². The maximum Gasteiger partial charge on any atom is 0.265 e. The highest BCUT2D eigenvalue weighted by molar-refractivity contribution is 7.92. The highest BCUT2D eigenvalue weighted by atomic mass is 35.5. The van der Waals surface area contributed by atoms with Crippen molar-refractivity contribution in [2.75, 3.05) is 4.31 Å². The Hall–Kier alpha value is -2.29. The van der Waals surface area contributed by atoms with Crippen LogP contribution >= 0.6 is 22.9 Å². The van der Waals surface area contributed by atoms with Crippen molar-refractivity contribution in [3.63, 3.8) is 0 Å². The van der Waals surface area contributed by atoms with E-state index in [1.165, 1.54) is 35.6 Å². The Morgan fingerprint density at radius 1 is 1.21 bits per heavy atom. The first-order valence-corrected chi connectivity index (χ1v) is 11.1. The molecule has 0 fully saturated rings. The largest absolute Gasteiger partial charge is 0.265 e. The molecule has 0 bridgehead atoms. The van der Waals surface area contributed by atoms with Crippen LogP contribution in [0.4, 0.5) is 14.5 Å². The molecule has 0 N–H and O–H groups in total. The number of benzene rings is 2. The van der Waals surface area contributed by atoms with E-state index in [-0.39, 0.29) is 4.90 Å². The second-order valence-corrected chi connectivity index (χ2v) is 9.55. The molecular weight excluding hydrogens is 438 g/mol. The average Bonchev–Trinajstić information content (AvgIpc) is 3.05. The fraction of sp³-hybridized carbons (Fsp3) is 0.150. The van der Waals surface area contributed by atoms with Crippen molar-refractivity contribution < 1.29 is 17.2 Å². The van der Waals surface area contributed by atoms with Gasteiger partial charge in [0.15, 0.2) is 0 Å². The molecule has 0 saturated carbocycles. The summed E-state index contributed by atoms with van der Waals surface area (Å²) in [6.45, 7) is 7.05. The Morgan fingerprint density at radius 3 is 2.45 bits per heavy atom. The molecule has 29 heavy (non-hydrogen) atoms. The molecule has 0 aliphatic heterocycles. The van der Waals surface area contributed by atoms with E-state index in [0.29, 0.717) is 15.7 Å². The number of aryl methyl sites for hydroxylation is 1. The van der Waals surface area contributed by atoms with Crippen LogP contribution in [0.1, 0.15) is 28.5 Å². The van der Waals surface area contributed by atoms with Crippen molar-refractivity contribution in [1.29, 1.82) is 0 Å². The van der Waals surface area contributed by atoms with Gasteiger partial charge in [0.25, 0.3) is 10.0 Å². The molecule has 4 nitrogen and oxygen atoms in total. The molecule has 9 heteroatoms. The Bertz CT molecular complexity index is 1160. The number of thiazole rings is 1. The lowest BCUT2D eigenvalue weighted by Crippen LogP contribution is -2.34. The number of aromatic nitrogens is 1. The van der Waals surface area contributed by atoms with Gasteiger partial charge in [-0.3, -0.25) is 4.31 Å². The smallest absolute Gasteiger partial charge is 0.254 e. The highest BCUT2D eigenvalue weighted by Crippen LogP contribution is 2.37. The van der Waals surface area contributed by atoms with Gasteiger partial charge in [-0.1, -0.05) is 24.3 Å². The summed E-state index contributed by atoms with van der Waals surface area (Å²) in [6, 6.07) is 7.25. The maximum absolute atomic E-state index is 14.6. The first-order valence-electron chi connectivity index (χ1n) is 8.50. The molecular formula is C20H17ClF2N2O2S2. The molecule has 1 aromatic heterocycles. The molecule has 0 saturated heterocycles. The van der Waals surface area contributed by atoms with E-state index >= 15 is 0 Å². The number of hydrogen-bond donors (Lipinski definition) is 0. The number of hydrogen-bond acceptors (Lipinski definition) is 4. The summed E-state index contributed by atoms with van der Waals surface area (Å²) in [5, 5.41) is 0.783. The zero-order valence-electron chi connectivity index (χ0n) is 15.6. The summed E-state index contributed by atoms with van der Waals surface area (Å²) in [6.07, 6.45) is 1.62. The quantitative estimate of drug-likeness (QED) is 0.460. The van der Waals surface area contributed by atoms with Gasteiger partial charge in [-0.2, -0.15) is 0 Å². The van der Waals surface area contributed by atoms with Crippen LogP contribution < -0.4 is 4.31 Å². The van der Waals surface area contributed by atoms with Gasteiger partial charge in [-0.05, 0) is 50.2 Å². The molecule has 0 radical (unpaired) electrons. The first-order chi connectivity index (χ1) is 13.6. The molecule has 0 amide bonds. The fourth-order valence-corrected chi connectivity index (χ4v) is 5.59. The number of nitrogens with zero attached hydrogens (tertiary/aromatic N) is 2. The Morgan fingerprint density at radius 2 is 1.86 bits per heavy atom. The first kappa shape index (κ1) is 21.4. The molecule has 0 spiro atoms. The van der Waals surface area contributed by atoms with Gasteiger partial charge in [0, 0.05) is 16.0 Å². The number of halogens is 3. The van der Waals surface area contributed by atoms with Crippen LogP contribution in [-0.4, -0.2) is 13.4 Å². The SMILES string of the molecule is C=Cc1sc(C(C)N(c2cc(F)ccc2F)S(=O)(=O)c2ccc(Cl)cc2)nc1C. The second kappa shape index (κ2) is 8.22. The zero-order valence-corrected chi connectivity index (χ0v) is 18.0. The lowest BCUT2D eigenvalue weighted by atomic mass is 10.2. The number of sulfonamides is 1. The lowest BCUT2D eigenvalue weighted by molar-refractivity contribution is 0.570. The van der Waals surface area contributed by atoms with Gasteiger partial charge in [0.05, 0.1) is 22.3 Å². The summed E-state index contributed by atoms with van der Waals surface area (Å²) in [7, 11) is -4.26. The minimum absolute atomic E-state index is 0.102. The van der Waals surface area contributed by atoms with Crippen LogP contribution in [0.25, 0.3) is 6.08 Å². The minimum Gasteiger partial charge on any atom is -0.254 e. The average molecular weight is 455 g/mol. The van der Waals surface area contributed by atoms with Crippen LogP contribution in [-0.2, 0) is 10.0 Å². The monoisotopic (exact) mass is 454 g/mol. The van der Waals surface area contributed by atoms with Gasteiger partial charge >= 0.3 is 0 Å². The van der Waals surface area contributed by atoms with Crippen molar-refractivity contribution in [2.24, 2.45) is 0 Å². The predicted molar refractivity (Wildman–Crippen MR) is 113 cm³/mol. The molecule has 1 atom stereocenters. The van der Waals surface area contributed by atoms with E-state index in [4.69, 9.17) is 11.6 Å². The van der Waals surface area contributed by atoms with Crippen molar-refractivity contribution >= 4 is 44.7 Å². The fourth-order valence-electron chi connectivity index (χ4n) is 2.82. The van der Waals surface area contributed by atoms with Crippen LogP contribution in [0.5, 0.6) is 0 Å². The summed E-state index contributed by atoms with van der Waals surface area (Å²) in [5.41, 5.74) is 0.274. The molecule has 1 unspecified atom stereocenters. The van der Waals surface area contributed by atoms with Gasteiger partial charge in [0.2, 0.25) is 0 Å². The van der Waals surface area contributed by atoms with Crippen LogP contribution in [0, 0.1) is 18.6 Å². The summed E-state index contributed by atoms with van der Waals surface area (Å²) < 4.78 is 56.3. The molecule has 0 aliphatic carbocycles. The Kier molecular flexibility index (Phi) is 6.07. The second-order valence-electron chi connectivity index (χ2n) is 6.23. The normalized spacial score (nSPS) is 12.6. The van der Waals surface area contributed by atoms with E-state index in [9.17, 15) is 17.2 Å². The number of anilines is 1. The van der Waals surface area contributed by atoms with Gasteiger partial charge in [0.1, 0.15) is 16.6 Å². The van der Waals surface area contributed by atoms with Crippen LogP contribution in [0.15, 0.2) is 53.9 Å². The van der Waals surface area contributed by atoms with Crippen molar-refractivity contribution in [3.8, 4) is 0 Å². The lowest BCUT2D eigenvalue weighted by Gasteiger charge is -2.29. The van der Waals surface area contributed by atoms with E-state index < -0.39 is 33.4 Å². The highest BCUT2D eigenvalue weighted by Gasteiger charge is 2.34. The molecule has 3 aromatic rings. The maximum atomic E-state index is 14.6. The summed E-state index contributed by atoms with van der Waals surface area (Å²) in [5.74, 6) is -1.62. The van der Waals surface area contributed by atoms with Crippen LogP contribution in [0.3, 0.4) is 0 Å². The number of rotatable bonds is 6. The van der Waals surface area contributed by atoms with E-state index in [1.807, 2.05) is 0 Å². The molecule has 0 aliphatic rings. The molecule has 152 valence electrons. The third kappa shape index (κ3) is 4.19. The van der Waals surface area contributed by atoms with E-state index in [0.717, 1.165) is 27.4 Å². The van der Waals surface area contributed by atoms with Crippen molar-refractivity contribution in [3.05, 3.63) is 81.3 Å². The third-order valence-electron chi connectivity index (χ3n) is 4.26. The van der Waals surface area contributed by atoms with Crippen molar-refractivity contribution in [2.45, 2.75) is 24.8 Å². The predicted octanol–water partition coefficient (Wildman–Crippen LogP) is 5.98. The standard InChI is InChI=1S/C20H17ClF2N2O2S2/c1-4-19-12(2)24-20(28-19)13(3)25(18-11-15(22)7-10-17(18)23)29(26,27)16-8-5-14(21)6-9-16/h4-11,13H,1H2,2-3H3. The Labute approximate surface area is 177 Å². The molecule has 1 heterocycles.